The molecule has 1 atom stereocenters. The summed E-state index contributed by atoms with van der Waals surface area (Å²) in [5.41, 5.74) is 6.56. The van der Waals surface area contributed by atoms with Gasteiger partial charge in [-0.25, -0.2) is 0 Å². The first kappa shape index (κ1) is 14.0. The maximum Gasteiger partial charge on any atom is 0.253 e. The molecule has 0 saturated heterocycles. The molecule has 0 aliphatic rings. The third-order valence-corrected chi connectivity index (χ3v) is 2.87. The number of aliphatic hydroxyl groups excluding tert-OH is 1. The van der Waals surface area contributed by atoms with Crippen molar-refractivity contribution in [3.05, 3.63) is 28.2 Å². The van der Waals surface area contributed by atoms with Gasteiger partial charge in [-0.3, -0.25) is 4.79 Å². The summed E-state index contributed by atoms with van der Waals surface area (Å²) >= 11 is 3.28. The Kier molecular flexibility index (Phi) is 5.44. The minimum Gasteiger partial charge on any atom is -0.398 e. The van der Waals surface area contributed by atoms with E-state index in [2.05, 4.69) is 21.2 Å². The van der Waals surface area contributed by atoms with E-state index in [-0.39, 0.29) is 12.5 Å². The van der Waals surface area contributed by atoms with Gasteiger partial charge >= 0.3 is 0 Å². The van der Waals surface area contributed by atoms with Crippen LogP contribution in [0.25, 0.3) is 0 Å². The first-order valence-corrected chi connectivity index (χ1v) is 6.35. The molecule has 1 unspecified atom stereocenters. The van der Waals surface area contributed by atoms with Gasteiger partial charge < -0.3 is 16.2 Å². The molecule has 4 nitrogen and oxygen atoms in total. The number of hydrogen-bond donors (Lipinski definition) is 3. The van der Waals surface area contributed by atoms with Gasteiger partial charge in [0.05, 0.1) is 11.7 Å². The molecule has 1 rings (SSSR count). The van der Waals surface area contributed by atoms with Crippen LogP contribution in [0.1, 0.15) is 30.1 Å². The molecule has 1 aromatic rings. The van der Waals surface area contributed by atoms with Crippen LogP contribution in [-0.2, 0) is 0 Å². The summed E-state index contributed by atoms with van der Waals surface area (Å²) in [5, 5.41) is 12.2. The van der Waals surface area contributed by atoms with Gasteiger partial charge in [0.15, 0.2) is 0 Å². The van der Waals surface area contributed by atoms with E-state index in [4.69, 9.17) is 5.73 Å². The first-order valence-electron chi connectivity index (χ1n) is 5.56. The standard InChI is InChI=1S/C12H17BrN2O2/c1-2-3-9(16)7-15-12(17)10-6-8(13)4-5-11(10)14/h4-6,9,16H,2-3,7,14H2,1H3,(H,15,17). The fourth-order valence-corrected chi connectivity index (χ4v) is 1.83. The number of rotatable bonds is 5. The van der Waals surface area contributed by atoms with Crippen molar-refractivity contribution >= 4 is 27.5 Å². The number of halogens is 1. The first-order chi connectivity index (χ1) is 8.04. The molecule has 0 aliphatic carbocycles. The number of nitrogen functional groups attached to an aromatic ring is 1. The third-order valence-electron chi connectivity index (χ3n) is 2.38. The Morgan fingerprint density at radius 3 is 2.94 bits per heavy atom. The minimum atomic E-state index is -0.502. The van der Waals surface area contributed by atoms with E-state index in [0.717, 1.165) is 10.9 Å². The molecule has 0 heterocycles. The predicted molar refractivity (Wildman–Crippen MR) is 71.8 cm³/mol. The molecule has 0 bridgehead atoms. The second-order valence-electron chi connectivity index (χ2n) is 3.88. The Morgan fingerprint density at radius 1 is 1.59 bits per heavy atom. The van der Waals surface area contributed by atoms with Gasteiger partial charge in [0.2, 0.25) is 0 Å². The molecule has 0 aliphatic heterocycles. The number of carbonyl (C=O) groups excluding carboxylic acids is 1. The van der Waals surface area contributed by atoms with Crippen LogP contribution < -0.4 is 11.1 Å². The predicted octanol–water partition coefficient (Wildman–Crippen LogP) is 1.92. The van der Waals surface area contributed by atoms with Gasteiger partial charge in [-0.2, -0.15) is 0 Å². The average molecular weight is 301 g/mol. The Bertz CT molecular complexity index is 396. The third kappa shape index (κ3) is 4.36. The van der Waals surface area contributed by atoms with Crippen LogP contribution in [0.4, 0.5) is 5.69 Å². The van der Waals surface area contributed by atoms with E-state index in [1.807, 2.05) is 6.92 Å². The number of hydrogen-bond acceptors (Lipinski definition) is 3. The maximum atomic E-state index is 11.8. The smallest absolute Gasteiger partial charge is 0.253 e. The maximum absolute atomic E-state index is 11.8. The molecule has 5 heteroatoms. The molecular formula is C12H17BrN2O2. The highest BCUT2D eigenvalue weighted by Crippen LogP contribution is 2.18. The molecule has 4 N–H and O–H groups in total. The van der Waals surface area contributed by atoms with Crippen LogP contribution in [0.3, 0.4) is 0 Å². The van der Waals surface area contributed by atoms with Gasteiger partial charge in [-0.1, -0.05) is 29.3 Å². The lowest BCUT2D eigenvalue weighted by Gasteiger charge is -2.11. The highest BCUT2D eigenvalue weighted by atomic mass is 79.9. The van der Waals surface area contributed by atoms with Crippen LogP contribution in [0.15, 0.2) is 22.7 Å². The van der Waals surface area contributed by atoms with Crippen molar-refractivity contribution in [2.24, 2.45) is 0 Å². The Morgan fingerprint density at radius 2 is 2.29 bits per heavy atom. The SMILES string of the molecule is CCCC(O)CNC(=O)c1cc(Br)ccc1N. The topological polar surface area (TPSA) is 75.3 Å². The van der Waals surface area contributed by atoms with E-state index in [1.165, 1.54) is 0 Å². The summed E-state index contributed by atoms with van der Waals surface area (Å²) in [6.45, 7) is 2.23. The lowest BCUT2D eigenvalue weighted by atomic mass is 10.1. The lowest BCUT2D eigenvalue weighted by molar-refractivity contribution is 0.0911. The van der Waals surface area contributed by atoms with Crippen molar-refractivity contribution in [1.29, 1.82) is 0 Å². The minimum absolute atomic E-state index is 0.249. The molecular weight excluding hydrogens is 284 g/mol. The van der Waals surface area contributed by atoms with Crippen LogP contribution >= 0.6 is 15.9 Å². The molecule has 0 radical (unpaired) electrons. The van der Waals surface area contributed by atoms with Crippen molar-refractivity contribution in [3.8, 4) is 0 Å². The highest BCUT2D eigenvalue weighted by Gasteiger charge is 2.11. The molecule has 0 fully saturated rings. The van der Waals surface area contributed by atoms with Gasteiger partial charge in [0.1, 0.15) is 0 Å². The van der Waals surface area contributed by atoms with Crippen molar-refractivity contribution in [2.45, 2.75) is 25.9 Å². The van der Waals surface area contributed by atoms with Gasteiger partial charge in [-0.15, -0.1) is 0 Å². The summed E-state index contributed by atoms with van der Waals surface area (Å²) in [5.74, 6) is -0.265. The van der Waals surface area contributed by atoms with Crippen LogP contribution in [0.2, 0.25) is 0 Å². The Labute approximate surface area is 109 Å². The van der Waals surface area contributed by atoms with E-state index < -0.39 is 6.10 Å². The fourth-order valence-electron chi connectivity index (χ4n) is 1.47. The molecule has 17 heavy (non-hydrogen) atoms. The number of carbonyl (C=O) groups is 1. The monoisotopic (exact) mass is 300 g/mol. The second kappa shape index (κ2) is 6.61. The van der Waals surface area contributed by atoms with Crippen LogP contribution in [-0.4, -0.2) is 23.7 Å². The van der Waals surface area contributed by atoms with Crippen molar-refractivity contribution in [1.82, 2.24) is 5.32 Å². The summed E-state index contributed by atoms with van der Waals surface area (Å²) in [6.07, 6.45) is 1.06. The summed E-state index contributed by atoms with van der Waals surface area (Å²) in [7, 11) is 0. The Hall–Kier alpha value is -1.07. The average Bonchev–Trinajstić information content (AvgIpc) is 2.29. The molecule has 94 valence electrons. The van der Waals surface area contributed by atoms with Crippen molar-refractivity contribution in [3.63, 3.8) is 0 Å². The number of nitrogens with two attached hydrogens (primary N) is 1. The number of anilines is 1. The lowest BCUT2D eigenvalue weighted by Crippen LogP contribution is -2.32. The summed E-state index contributed by atoms with van der Waals surface area (Å²) in [4.78, 5) is 11.8. The largest absolute Gasteiger partial charge is 0.398 e. The molecule has 1 amide bonds. The van der Waals surface area contributed by atoms with Gasteiger partial charge in [-0.05, 0) is 24.6 Å². The van der Waals surface area contributed by atoms with Crippen LogP contribution in [0, 0.1) is 0 Å². The fraction of sp³-hybridized carbons (Fsp3) is 0.417. The number of benzene rings is 1. The molecule has 0 saturated carbocycles. The van der Waals surface area contributed by atoms with Crippen molar-refractivity contribution in [2.75, 3.05) is 12.3 Å². The van der Waals surface area contributed by atoms with E-state index in [9.17, 15) is 9.90 Å². The normalized spacial score (nSPS) is 12.2. The number of amides is 1. The molecule has 0 aromatic heterocycles. The quantitative estimate of drug-likeness (QED) is 0.727. The van der Waals surface area contributed by atoms with Crippen molar-refractivity contribution < 1.29 is 9.90 Å². The zero-order valence-electron chi connectivity index (χ0n) is 9.74. The zero-order chi connectivity index (χ0) is 12.8. The summed E-state index contributed by atoms with van der Waals surface area (Å²) < 4.78 is 0.797. The van der Waals surface area contributed by atoms with E-state index in [0.29, 0.717) is 17.7 Å². The molecule has 0 spiro atoms. The van der Waals surface area contributed by atoms with Gasteiger partial charge in [0.25, 0.3) is 5.91 Å². The van der Waals surface area contributed by atoms with Crippen LogP contribution in [0.5, 0.6) is 0 Å². The zero-order valence-corrected chi connectivity index (χ0v) is 11.3. The highest BCUT2D eigenvalue weighted by molar-refractivity contribution is 9.10. The van der Waals surface area contributed by atoms with E-state index >= 15 is 0 Å². The van der Waals surface area contributed by atoms with E-state index in [1.54, 1.807) is 18.2 Å². The summed E-state index contributed by atoms with van der Waals surface area (Å²) in [6, 6.07) is 5.11. The van der Waals surface area contributed by atoms with Gasteiger partial charge in [0, 0.05) is 16.7 Å². The second-order valence-corrected chi connectivity index (χ2v) is 4.80. The number of nitrogens with one attached hydrogen (secondary N) is 1. The number of aliphatic hydroxyl groups is 1. The Balaban J connectivity index is 2.61. The molecule has 1 aromatic carbocycles.